The van der Waals surface area contributed by atoms with Gasteiger partial charge < -0.3 is 4.74 Å². The Bertz CT molecular complexity index is 445. The van der Waals surface area contributed by atoms with Gasteiger partial charge in [0.05, 0.1) is 11.5 Å². The van der Waals surface area contributed by atoms with Crippen LogP contribution in [0, 0.1) is 15.9 Å². The van der Waals surface area contributed by atoms with Gasteiger partial charge in [0.1, 0.15) is 6.61 Å². The summed E-state index contributed by atoms with van der Waals surface area (Å²) in [5.41, 5.74) is -0.118. The van der Waals surface area contributed by atoms with Crippen molar-refractivity contribution in [2.24, 2.45) is 4.99 Å². The van der Waals surface area contributed by atoms with Crippen molar-refractivity contribution in [1.82, 2.24) is 0 Å². The Balaban J connectivity index is 2.37. The van der Waals surface area contributed by atoms with Crippen molar-refractivity contribution in [3.63, 3.8) is 0 Å². The van der Waals surface area contributed by atoms with E-state index in [1.165, 1.54) is 6.07 Å². The molecule has 0 aliphatic carbocycles. The lowest BCUT2D eigenvalue weighted by molar-refractivity contribution is -0.387. The smallest absolute Gasteiger partial charge is 0.304 e. The average molecular weight is 210 g/mol. The number of rotatable bonds is 2. The van der Waals surface area contributed by atoms with Gasteiger partial charge in [0.2, 0.25) is 11.7 Å². The van der Waals surface area contributed by atoms with Crippen LogP contribution in [0.2, 0.25) is 0 Å². The highest BCUT2D eigenvalue weighted by Crippen LogP contribution is 2.19. The van der Waals surface area contributed by atoms with Crippen LogP contribution in [0.4, 0.5) is 10.1 Å². The highest BCUT2D eigenvalue weighted by molar-refractivity contribution is 5.95. The fraction of sp³-hybridized carbons (Fsp3) is 0.222. The lowest BCUT2D eigenvalue weighted by Gasteiger charge is -2.01. The van der Waals surface area contributed by atoms with E-state index in [9.17, 15) is 14.5 Å². The van der Waals surface area contributed by atoms with E-state index in [0.717, 1.165) is 12.1 Å². The zero-order valence-electron chi connectivity index (χ0n) is 7.64. The number of ether oxygens (including phenoxy) is 1. The molecule has 0 bridgehead atoms. The molecule has 0 aromatic heterocycles. The molecule has 0 amide bonds. The Morgan fingerprint density at radius 3 is 2.87 bits per heavy atom. The third-order valence-electron chi connectivity index (χ3n) is 1.98. The van der Waals surface area contributed by atoms with Gasteiger partial charge in [0.15, 0.2) is 0 Å². The fourth-order valence-corrected chi connectivity index (χ4v) is 1.30. The summed E-state index contributed by atoms with van der Waals surface area (Å²) in [4.78, 5) is 13.6. The predicted octanol–water partition coefficient (Wildman–Crippen LogP) is 1.51. The van der Waals surface area contributed by atoms with Crippen LogP contribution in [0.3, 0.4) is 0 Å². The van der Waals surface area contributed by atoms with E-state index in [1.807, 2.05) is 0 Å². The van der Waals surface area contributed by atoms with E-state index < -0.39 is 16.4 Å². The molecule has 0 unspecified atom stereocenters. The third kappa shape index (κ3) is 1.78. The fourth-order valence-electron chi connectivity index (χ4n) is 1.30. The number of nitro groups is 1. The van der Waals surface area contributed by atoms with Crippen molar-refractivity contribution in [1.29, 1.82) is 0 Å². The summed E-state index contributed by atoms with van der Waals surface area (Å²) >= 11 is 0. The van der Waals surface area contributed by atoms with Crippen LogP contribution < -0.4 is 0 Å². The zero-order chi connectivity index (χ0) is 10.8. The first-order valence-corrected chi connectivity index (χ1v) is 4.30. The van der Waals surface area contributed by atoms with Gasteiger partial charge >= 0.3 is 5.69 Å². The molecule has 1 aromatic carbocycles. The molecule has 0 atom stereocenters. The minimum absolute atomic E-state index is 0.337. The first-order valence-electron chi connectivity index (χ1n) is 4.30. The molecule has 0 saturated heterocycles. The Labute approximate surface area is 84.3 Å². The van der Waals surface area contributed by atoms with Crippen molar-refractivity contribution < 1.29 is 14.1 Å². The average Bonchev–Trinajstić information content (AvgIpc) is 2.69. The van der Waals surface area contributed by atoms with Gasteiger partial charge in [-0.2, -0.15) is 4.39 Å². The molecule has 15 heavy (non-hydrogen) atoms. The maximum atomic E-state index is 13.2. The van der Waals surface area contributed by atoms with Crippen molar-refractivity contribution >= 4 is 11.6 Å². The Morgan fingerprint density at radius 1 is 1.53 bits per heavy atom. The molecule has 1 aliphatic heterocycles. The first-order chi connectivity index (χ1) is 7.18. The molecule has 0 saturated carbocycles. The van der Waals surface area contributed by atoms with Gasteiger partial charge in [-0.05, 0) is 12.1 Å². The minimum atomic E-state index is -0.879. The van der Waals surface area contributed by atoms with Crippen LogP contribution in [-0.4, -0.2) is 24.0 Å². The SMILES string of the molecule is O=[N+]([O-])c1ccc(C2=NCCO2)cc1F. The molecule has 1 heterocycles. The quantitative estimate of drug-likeness (QED) is 0.549. The zero-order valence-corrected chi connectivity index (χ0v) is 7.64. The maximum Gasteiger partial charge on any atom is 0.304 e. The lowest BCUT2D eigenvalue weighted by Crippen LogP contribution is -2.02. The molecule has 2 rings (SSSR count). The molecule has 0 radical (unpaired) electrons. The summed E-state index contributed by atoms with van der Waals surface area (Å²) in [5.74, 6) is -0.542. The van der Waals surface area contributed by atoms with Crippen LogP contribution in [0.15, 0.2) is 23.2 Å². The molecule has 0 fully saturated rings. The van der Waals surface area contributed by atoms with E-state index >= 15 is 0 Å². The molecule has 5 nitrogen and oxygen atoms in total. The molecule has 78 valence electrons. The predicted molar refractivity (Wildman–Crippen MR) is 50.4 cm³/mol. The maximum absolute atomic E-state index is 13.2. The van der Waals surface area contributed by atoms with Gasteiger partial charge in [-0.3, -0.25) is 10.1 Å². The van der Waals surface area contributed by atoms with Gasteiger partial charge in [-0.25, -0.2) is 4.99 Å². The molecule has 0 spiro atoms. The number of hydrogen-bond donors (Lipinski definition) is 0. The van der Waals surface area contributed by atoms with Gasteiger partial charge in [0.25, 0.3) is 0 Å². The molecular weight excluding hydrogens is 203 g/mol. The molecule has 1 aliphatic rings. The minimum Gasteiger partial charge on any atom is -0.476 e. The Kier molecular flexibility index (Phi) is 2.32. The highest BCUT2D eigenvalue weighted by atomic mass is 19.1. The van der Waals surface area contributed by atoms with Crippen molar-refractivity contribution in [3.8, 4) is 0 Å². The summed E-state index contributed by atoms with van der Waals surface area (Å²) < 4.78 is 18.3. The number of hydrogen-bond acceptors (Lipinski definition) is 4. The van der Waals surface area contributed by atoms with Crippen LogP contribution in [0.1, 0.15) is 5.56 Å². The third-order valence-corrected chi connectivity index (χ3v) is 1.98. The van der Waals surface area contributed by atoms with Crippen LogP contribution >= 0.6 is 0 Å². The van der Waals surface area contributed by atoms with Crippen molar-refractivity contribution in [2.75, 3.05) is 13.2 Å². The van der Waals surface area contributed by atoms with Gasteiger partial charge in [0, 0.05) is 11.6 Å². The normalized spacial score (nSPS) is 14.6. The molecule has 1 aromatic rings. The van der Waals surface area contributed by atoms with E-state index in [4.69, 9.17) is 4.74 Å². The summed E-state index contributed by atoms with van der Waals surface area (Å²) in [6.45, 7) is 1.00. The summed E-state index contributed by atoms with van der Waals surface area (Å²) in [6.07, 6.45) is 0. The monoisotopic (exact) mass is 210 g/mol. The second-order valence-corrected chi connectivity index (χ2v) is 2.96. The van der Waals surface area contributed by atoms with Crippen LogP contribution in [0.5, 0.6) is 0 Å². The number of halogens is 1. The lowest BCUT2D eigenvalue weighted by atomic mass is 10.2. The summed E-state index contributed by atoms with van der Waals surface area (Å²) in [5, 5.41) is 10.4. The molecule has 0 N–H and O–H groups in total. The van der Waals surface area contributed by atoms with E-state index in [1.54, 1.807) is 0 Å². The molecular formula is C9H7FN2O3. The number of benzene rings is 1. The standard InChI is InChI=1S/C9H7FN2O3/c10-7-5-6(9-11-3-4-15-9)1-2-8(7)12(13)14/h1-2,5H,3-4H2. The summed E-state index contributed by atoms with van der Waals surface area (Å²) in [7, 11) is 0. The number of nitro benzene ring substituents is 1. The van der Waals surface area contributed by atoms with Gasteiger partial charge in [-0.1, -0.05) is 0 Å². The second kappa shape index (κ2) is 3.64. The van der Waals surface area contributed by atoms with Gasteiger partial charge in [-0.15, -0.1) is 0 Å². The van der Waals surface area contributed by atoms with Crippen LogP contribution in [0.25, 0.3) is 0 Å². The first kappa shape index (κ1) is 9.57. The summed E-state index contributed by atoms with van der Waals surface area (Å²) in [6, 6.07) is 3.59. The van der Waals surface area contributed by atoms with Crippen molar-refractivity contribution in [3.05, 3.63) is 39.7 Å². The van der Waals surface area contributed by atoms with E-state index in [2.05, 4.69) is 4.99 Å². The number of aliphatic imine (C=N–C) groups is 1. The Morgan fingerprint density at radius 2 is 2.33 bits per heavy atom. The van der Waals surface area contributed by atoms with E-state index in [-0.39, 0.29) is 0 Å². The second-order valence-electron chi connectivity index (χ2n) is 2.96. The van der Waals surface area contributed by atoms with E-state index in [0.29, 0.717) is 24.6 Å². The highest BCUT2D eigenvalue weighted by Gasteiger charge is 2.17. The largest absolute Gasteiger partial charge is 0.476 e. The topological polar surface area (TPSA) is 64.7 Å². The molecule has 6 heteroatoms. The van der Waals surface area contributed by atoms with Crippen LogP contribution in [-0.2, 0) is 4.74 Å². The number of nitrogens with zero attached hydrogens (tertiary/aromatic N) is 2. The van der Waals surface area contributed by atoms with Crippen molar-refractivity contribution in [2.45, 2.75) is 0 Å². The Hall–Kier alpha value is -1.98.